The van der Waals surface area contributed by atoms with Gasteiger partial charge in [-0.3, -0.25) is 0 Å². The van der Waals surface area contributed by atoms with Crippen LogP contribution in [0.25, 0.3) is 10.6 Å². The Hall–Kier alpha value is -1.98. The van der Waals surface area contributed by atoms with Crippen LogP contribution in [0.15, 0.2) is 41.8 Å². The Morgan fingerprint density at radius 3 is 2.65 bits per heavy atom. The largest absolute Gasteiger partial charge is 0.325 e. The maximum atomic E-state index is 5.77. The van der Waals surface area contributed by atoms with Gasteiger partial charge in [-0.25, -0.2) is 4.68 Å². The van der Waals surface area contributed by atoms with Crippen LogP contribution in [0.2, 0.25) is 0 Å². The third-order valence-corrected chi connectivity index (χ3v) is 4.08. The Morgan fingerprint density at radius 1 is 1.20 bits per heavy atom. The third kappa shape index (κ3) is 2.50. The van der Waals surface area contributed by atoms with Gasteiger partial charge in [-0.15, -0.1) is 16.4 Å². The highest BCUT2D eigenvalue weighted by Crippen LogP contribution is 2.27. The lowest BCUT2D eigenvalue weighted by molar-refractivity contribution is 0.655. The molecule has 2 N–H and O–H groups in total. The summed E-state index contributed by atoms with van der Waals surface area (Å²) in [4.78, 5) is 1.16. The van der Waals surface area contributed by atoms with Crippen LogP contribution in [0, 0.1) is 6.92 Å². The lowest BCUT2D eigenvalue weighted by Gasteiger charge is -2.06. The molecule has 0 aliphatic rings. The zero-order chi connectivity index (χ0) is 13.9. The number of hydrogen-bond donors (Lipinski definition) is 1. The van der Waals surface area contributed by atoms with Gasteiger partial charge in [0.1, 0.15) is 11.4 Å². The van der Waals surface area contributed by atoms with E-state index in [0.717, 1.165) is 16.3 Å². The first-order valence-corrected chi connectivity index (χ1v) is 7.37. The summed E-state index contributed by atoms with van der Waals surface area (Å²) in [6.07, 6.45) is 0. The van der Waals surface area contributed by atoms with Crippen LogP contribution in [0.3, 0.4) is 0 Å². The second-order valence-corrected chi connectivity index (χ2v) is 5.66. The number of rotatable bonds is 4. The van der Waals surface area contributed by atoms with E-state index in [2.05, 4.69) is 52.9 Å². The summed E-state index contributed by atoms with van der Waals surface area (Å²) in [5, 5.41) is 10.5. The highest BCUT2D eigenvalue weighted by atomic mass is 32.1. The molecule has 0 unspecified atom stereocenters. The van der Waals surface area contributed by atoms with Gasteiger partial charge in [0.15, 0.2) is 0 Å². The van der Waals surface area contributed by atoms with Crippen molar-refractivity contribution in [3.8, 4) is 10.6 Å². The summed E-state index contributed by atoms with van der Waals surface area (Å²) in [5.74, 6) is 0. The average Bonchev–Trinajstić information content (AvgIpc) is 3.10. The Bertz CT molecular complexity index is 683. The minimum atomic E-state index is 0.404. The Morgan fingerprint density at radius 2 is 2.00 bits per heavy atom. The third-order valence-electron chi connectivity index (χ3n) is 3.21. The molecular formula is C15H16N4S. The van der Waals surface area contributed by atoms with Crippen molar-refractivity contribution in [3.63, 3.8) is 0 Å². The molecule has 3 aromatic rings. The van der Waals surface area contributed by atoms with Crippen LogP contribution in [0.4, 0.5) is 0 Å². The summed E-state index contributed by atoms with van der Waals surface area (Å²) in [6, 6.07) is 12.6. The molecule has 4 nitrogen and oxygen atoms in total. The molecule has 0 bridgehead atoms. The van der Waals surface area contributed by atoms with Gasteiger partial charge in [0, 0.05) is 6.54 Å². The number of nitrogens with zero attached hydrogens (tertiary/aromatic N) is 3. The molecule has 102 valence electrons. The van der Waals surface area contributed by atoms with E-state index >= 15 is 0 Å². The number of benzene rings is 1. The SMILES string of the molecule is Cc1ccc(Cn2nnc(CN)c2-c2cccs2)cc1. The number of thiophene rings is 1. The first-order chi connectivity index (χ1) is 9.78. The first kappa shape index (κ1) is 13.0. The van der Waals surface area contributed by atoms with E-state index in [9.17, 15) is 0 Å². The average molecular weight is 284 g/mol. The molecule has 1 aromatic carbocycles. The van der Waals surface area contributed by atoms with Gasteiger partial charge >= 0.3 is 0 Å². The van der Waals surface area contributed by atoms with E-state index in [-0.39, 0.29) is 0 Å². The fourth-order valence-electron chi connectivity index (χ4n) is 2.15. The summed E-state index contributed by atoms with van der Waals surface area (Å²) in [6.45, 7) is 3.20. The number of nitrogens with two attached hydrogens (primary N) is 1. The van der Waals surface area contributed by atoms with Gasteiger partial charge in [0.25, 0.3) is 0 Å². The highest BCUT2D eigenvalue weighted by molar-refractivity contribution is 7.13. The molecule has 0 amide bonds. The van der Waals surface area contributed by atoms with Crippen LogP contribution in [0.5, 0.6) is 0 Å². The maximum absolute atomic E-state index is 5.77. The van der Waals surface area contributed by atoms with Gasteiger partial charge in [-0.05, 0) is 23.9 Å². The standard InChI is InChI=1S/C15H16N4S/c1-11-4-6-12(7-5-11)10-19-15(13(9-16)17-18-19)14-3-2-8-20-14/h2-8H,9-10,16H2,1H3. The van der Waals surface area contributed by atoms with Gasteiger partial charge in [0.05, 0.1) is 11.4 Å². The fraction of sp³-hybridized carbons (Fsp3) is 0.200. The zero-order valence-corrected chi connectivity index (χ0v) is 12.1. The minimum Gasteiger partial charge on any atom is -0.325 e. The molecule has 20 heavy (non-hydrogen) atoms. The monoisotopic (exact) mass is 284 g/mol. The van der Waals surface area contributed by atoms with Crippen LogP contribution < -0.4 is 5.73 Å². The molecule has 2 heterocycles. The number of aryl methyl sites for hydroxylation is 1. The molecule has 2 aromatic heterocycles. The first-order valence-electron chi connectivity index (χ1n) is 6.50. The Labute approximate surface area is 121 Å². The van der Waals surface area contributed by atoms with Crippen LogP contribution in [-0.4, -0.2) is 15.0 Å². The lowest BCUT2D eigenvalue weighted by atomic mass is 10.1. The van der Waals surface area contributed by atoms with Gasteiger partial charge in [-0.1, -0.05) is 41.1 Å². The van der Waals surface area contributed by atoms with Crippen molar-refractivity contribution in [1.82, 2.24) is 15.0 Å². The molecule has 3 rings (SSSR count). The molecule has 0 radical (unpaired) electrons. The molecular weight excluding hydrogens is 268 g/mol. The molecule has 0 spiro atoms. The summed E-state index contributed by atoms with van der Waals surface area (Å²) < 4.78 is 1.93. The Kier molecular flexibility index (Phi) is 3.62. The smallest absolute Gasteiger partial charge is 0.105 e. The van der Waals surface area contributed by atoms with Crippen molar-refractivity contribution >= 4 is 11.3 Å². The maximum Gasteiger partial charge on any atom is 0.105 e. The topological polar surface area (TPSA) is 56.7 Å². The normalized spacial score (nSPS) is 10.9. The number of hydrogen-bond acceptors (Lipinski definition) is 4. The molecule has 0 saturated heterocycles. The van der Waals surface area contributed by atoms with Crippen molar-refractivity contribution < 1.29 is 0 Å². The van der Waals surface area contributed by atoms with E-state index in [1.54, 1.807) is 11.3 Å². The molecule has 5 heteroatoms. The molecule has 0 fully saturated rings. The predicted octanol–water partition coefficient (Wildman–Crippen LogP) is 2.82. The van der Waals surface area contributed by atoms with Crippen molar-refractivity contribution in [3.05, 3.63) is 58.6 Å². The van der Waals surface area contributed by atoms with Crippen molar-refractivity contribution in [2.45, 2.75) is 20.0 Å². The van der Waals surface area contributed by atoms with Crippen LogP contribution >= 0.6 is 11.3 Å². The summed E-state index contributed by atoms with van der Waals surface area (Å²) in [5.41, 5.74) is 10.1. The molecule has 0 atom stereocenters. The highest BCUT2D eigenvalue weighted by Gasteiger charge is 2.14. The fourth-order valence-corrected chi connectivity index (χ4v) is 2.94. The van der Waals surface area contributed by atoms with Gasteiger partial charge in [0.2, 0.25) is 0 Å². The number of aromatic nitrogens is 3. The van der Waals surface area contributed by atoms with Gasteiger partial charge < -0.3 is 5.73 Å². The molecule has 0 aliphatic heterocycles. The van der Waals surface area contributed by atoms with E-state index < -0.39 is 0 Å². The van der Waals surface area contributed by atoms with E-state index in [1.165, 1.54) is 11.1 Å². The van der Waals surface area contributed by atoms with E-state index in [1.807, 2.05) is 10.7 Å². The van der Waals surface area contributed by atoms with E-state index in [4.69, 9.17) is 5.73 Å². The summed E-state index contributed by atoms with van der Waals surface area (Å²) >= 11 is 1.68. The van der Waals surface area contributed by atoms with Crippen molar-refractivity contribution in [2.24, 2.45) is 5.73 Å². The zero-order valence-electron chi connectivity index (χ0n) is 11.3. The van der Waals surface area contributed by atoms with Crippen molar-refractivity contribution in [1.29, 1.82) is 0 Å². The molecule has 0 aliphatic carbocycles. The summed E-state index contributed by atoms with van der Waals surface area (Å²) in [7, 11) is 0. The van der Waals surface area contributed by atoms with E-state index in [0.29, 0.717) is 13.1 Å². The van der Waals surface area contributed by atoms with Crippen molar-refractivity contribution in [2.75, 3.05) is 0 Å². The minimum absolute atomic E-state index is 0.404. The van der Waals surface area contributed by atoms with Crippen LogP contribution in [0.1, 0.15) is 16.8 Å². The Balaban J connectivity index is 1.98. The quantitative estimate of drug-likeness (QED) is 0.801. The lowest BCUT2D eigenvalue weighted by Crippen LogP contribution is -2.05. The second-order valence-electron chi connectivity index (χ2n) is 4.71. The second kappa shape index (κ2) is 5.56. The van der Waals surface area contributed by atoms with Gasteiger partial charge in [-0.2, -0.15) is 0 Å². The predicted molar refractivity (Wildman–Crippen MR) is 81.5 cm³/mol. The molecule has 0 saturated carbocycles. The van der Waals surface area contributed by atoms with Crippen LogP contribution in [-0.2, 0) is 13.1 Å².